The summed E-state index contributed by atoms with van der Waals surface area (Å²) in [6.07, 6.45) is 0. The highest BCUT2D eigenvalue weighted by atomic mass is 14.2. The van der Waals surface area contributed by atoms with E-state index in [1.54, 1.807) is 0 Å². The molecular formula is C54H34. The van der Waals surface area contributed by atoms with Crippen LogP contribution in [0.1, 0.15) is 0 Å². The van der Waals surface area contributed by atoms with Crippen molar-refractivity contribution in [3.05, 3.63) is 206 Å². The Morgan fingerprint density at radius 2 is 0.389 bits per heavy atom. The molecule has 0 saturated heterocycles. The van der Waals surface area contributed by atoms with Crippen LogP contribution in [0.5, 0.6) is 0 Å². The van der Waals surface area contributed by atoms with Crippen LogP contribution in [0.3, 0.4) is 0 Å². The van der Waals surface area contributed by atoms with Gasteiger partial charge in [0.25, 0.3) is 0 Å². The summed E-state index contributed by atoms with van der Waals surface area (Å²) in [5.41, 5.74) is 9.84. The van der Waals surface area contributed by atoms with Gasteiger partial charge in [-0.2, -0.15) is 0 Å². The second kappa shape index (κ2) is 12.3. The summed E-state index contributed by atoms with van der Waals surface area (Å²) in [6.45, 7) is 0. The summed E-state index contributed by atoms with van der Waals surface area (Å²) in [5.74, 6) is 0. The van der Waals surface area contributed by atoms with Crippen LogP contribution < -0.4 is 0 Å². The summed E-state index contributed by atoms with van der Waals surface area (Å²) < 4.78 is 0. The topological polar surface area (TPSA) is 0 Å². The summed E-state index contributed by atoms with van der Waals surface area (Å²) >= 11 is 0. The van der Waals surface area contributed by atoms with E-state index in [4.69, 9.17) is 0 Å². The zero-order valence-electron chi connectivity index (χ0n) is 29.6. The molecule has 0 atom stereocenters. The van der Waals surface area contributed by atoms with Gasteiger partial charge in [0.2, 0.25) is 0 Å². The van der Waals surface area contributed by atoms with Crippen LogP contribution in [0, 0.1) is 0 Å². The lowest BCUT2D eigenvalue weighted by Crippen LogP contribution is -1.89. The van der Waals surface area contributed by atoms with Crippen LogP contribution in [0.15, 0.2) is 206 Å². The molecule has 11 rings (SSSR count). The van der Waals surface area contributed by atoms with Crippen molar-refractivity contribution in [2.75, 3.05) is 0 Å². The Bertz CT molecular complexity index is 3020. The fourth-order valence-corrected chi connectivity index (χ4v) is 8.78. The molecule has 0 unspecified atom stereocenters. The van der Waals surface area contributed by atoms with Crippen molar-refractivity contribution in [1.82, 2.24) is 0 Å². The number of benzene rings is 11. The second-order valence-electron chi connectivity index (χ2n) is 14.4. The molecular weight excluding hydrogens is 649 g/mol. The molecule has 0 radical (unpaired) electrons. The predicted molar refractivity (Wildman–Crippen MR) is 233 cm³/mol. The molecule has 0 aliphatic heterocycles. The van der Waals surface area contributed by atoms with Crippen molar-refractivity contribution in [1.29, 1.82) is 0 Å². The molecule has 11 aromatic carbocycles. The summed E-state index contributed by atoms with van der Waals surface area (Å²) in [6, 6.07) is 76.1. The lowest BCUT2D eigenvalue weighted by molar-refractivity contribution is 1.60. The highest BCUT2D eigenvalue weighted by molar-refractivity contribution is 6.33. The molecule has 0 aliphatic rings. The number of rotatable bonds is 4. The number of fused-ring (bicyclic) bond motifs is 12. The molecule has 0 nitrogen and oxygen atoms in total. The van der Waals surface area contributed by atoms with E-state index < -0.39 is 0 Å². The first kappa shape index (κ1) is 30.6. The summed E-state index contributed by atoms with van der Waals surface area (Å²) in [4.78, 5) is 0. The Labute approximate surface area is 314 Å². The van der Waals surface area contributed by atoms with E-state index in [0.717, 1.165) is 0 Å². The molecule has 0 N–H and O–H groups in total. The van der Waals surface area contributed by atoms with E-state index in [9.17, 15) is 0 Å². The van der Waals surface area contributed by atoms with E-state index in [2.05, 4.69) is 206 Å². The predicted octanol–water partition coefficient (Wildman–Crippen LogP) is 15.3. The van der Waals surface area contributed by atoms with Gasteiger partial charge in [0.15, 0.2) is 0 Å². The lowest BCUT2D eigenvalue weighted by Gasteiger charge is -2.16. The first-order valence-corrected chi connectivity index (χ1v) is 18.7. The third-order valence-corrected chi connectivity index (χ3v) is 11.4. The fraction of sp³-hybridized carbons (Fsp3) is 0. The van der Waals surface area contributed by atoms with Crippen LogP contribution in [0.2, 0.25) is 0 Å². The molecule has 0 spiro atoms. The van der Waals surface area contributed by atoms with Gasteiger partial charge in [-0.05, 0) is 146 Å². The molecule has 0 heterocycles. The molecule has 0 heteroatoms. The minimum Gasteiger partial charge on any atom is -0.0622 e. The Morgan fingerprint density at radius 3 is 0.759 bits per heavy atom. The quantitative estimate of drug-likeness (QED) is 0.128. The molecule has 0 aliphatic carbocycles. The van der Waals surface area contributed by atoms with Crippen molar-refractivity contribution < 1.29 is 0 Å². The van der Waals surface area contributed by atoms with E-state index in [1.165, 1.54) is 109 Å². The first-order valence-electron chi connectivity index (χ1n) is 18.7. The van der Waals surface area contributed by atoms with Crippen LogP contribution in [-0.2, 0) is 0 Å². The maximum Gasteiger partial charge on any atom is -0.00923 e. The van der Waals surface area contributed by atoms with Gasteiger partial charge in [-0.3, -0.25) is 0 Å². The zero-order chi connectivity index (χ0) is 35.6. The minimum absolute atomic E-state index is 1.23. The molecule has 54 heavy (non-hydrogen) atoms. The van der Waals surface area contributed by atoms with Gasteiger partial charge in [-0.15, -0.1) is 0 Å². The average molecular weight is 683 g/mol. The normalized spacial score (nSPS) is 11.7. The van der Waals surface area contributed by atoms with Crippen molar-refractivity contribution in [2.45, 2.75) is 0 Å². The van der Waals surface area contributed by atoms with Gasteiger partial charge >= 0.3 is 0 Å². The number of hydrogen-bond acceptors (Lipinski definition) is 0. The largest absolute Gasteiger partial charge is 0.0622 e. The monoisotopic (exact) mass is 682 g/mol. The van der Waals surface area contributed by atoms with Crippen molar-refractivity contribution in [2.24, 2.45) is 0 Å². The molecule has 0 amide bonds. The van der Waals surface area contributed by atoms with Crippen molar-refractivity contribution in [3.8, 4) is 44.5 Å². The maximum absolute atomic E-state index is 2.47. The maximum atomic E-state index is 2.47. The smallest absolute Gasteiger partial charge is 0.00923 e. The van der Waals surface area contributed by atoms with E-state index in [0.29, 0.717) is 0 Å². The van der Waals surface area contributed by atoms with E-state index in [1.807, 2.05) is 0 Å². The average Bonchev–Trinajstić information content (AvgIpc) is 3.26. The summed E-state index contributed by atoms with van der Waals surface area (Å²) in [5, 5.41) is 15.4. The standard InChI is InChI=1S/C54H34/c1-3-13-35(14-4-1)37-17-11-19-39(29-37)41-25-27-47-49(31-41)43-21-7-9-23-45(43)51-34-54-48-28-26-42(40-20-12-18-38(30-40)36-15-5-2-6-16-36)32-50(48)44-22-8-10-24-46(44)52(54)33-53(47)51/h1-34H. The van der Waals surface area contributed by atoms with Gasteiger partial charge in [-0.1, -0.05) is 170 Å². The molecule has 250 valence electrons. The highest BCUT2D eigenvalue weighted by Gasteiger charge is 2.16. The third-order valence-electron chi connectivity index (χ3n) is 11.4. The first-order chi connectivity index (χ1) is 26.8. The Morgan fingerprint density at radius 1 is 0.130 bits per heavy atom. The Hall–Kier alpha value is -7.02. The lowest BCUT2D eigenvalue weighted by atomic mass is 9.87. The van der Waals surface area contributed by atoms with Crippen LogP contribution in [0.25, 0.3) is 109 Å². The van der Waals surface area contributed by atoms with E-state index in [-0.39, 0.29) is 0 Å². The van der Waals surface area contributed by atoms with Crippen LogP contribution >= 0.6 is 0 Å². The van der Waals surface area contributed by atoms with Gasteiger partial charge < -0.3 is 0 Å². The summed E-state index contributed by atoms with van der Waals surface area (Å²) in [7, 11) is 0. The van der Waals surface area contributed by atoms with Gasteiger partial charge in [0, 0.05) is 0 Å². The van der Waals surface area contributed by atoms with Crippen molar-refractivity contribution >= 4 is 64.6 Å². The third kappa shape index (κ3) is 4.92. The second-order valence-corrected chi connectivity index (χ2v) is 14.4. The van der Waals surface area contributed by atoms with Crippen LogP contribution in [0.4, 0.5) is 0 Å². The Balaban J connectivity index is 1.14. The zero-order valence-corrected chi connectivity index (χ0v) is 29.6. The fourth-order valence-electron chi connectivity index (χ4n) is 8.78. The molecule has 0 aromatic heterocycles. The molecule has 11 aromatic rings. The van der Waals surface area contributed by atoms with Gasteiger partial charge in [0.05, 0.1) is 0 Å². The minimum atomic E-state index is 1.23. The molecule has 0 bridgehead atoms. The van der Waals surface area contributed by atoms with Crippen LogP contribution in [-0.4, -0.2) is 0 Å². The number of hydrogen-bond donors (Lipinski definition) is 0. The SMILES string of the molecule is c1ccc(-c2cccc(-c3ccc4c(c3)c3ccccc3c3cc5c6ccc(-c7cccc(-c8ccccc8)c7)cc6c6ccccc6c5cc43)c2)cc1. The van der Waals surface area contributed by atoms with E-state index >= 15 is 0 Å². The van der Waals surface area contributed by atoms with Gasteiger partial charge in [0.1, 0.15) is 0 Å². The Kier molecular flexibility index (Phi) is 6.97. The molecule has 0 fully saturated rings. The van der Waals surface area contributed by atoms with Crippen molar-refractivity contribution in [3.63, 3.8) is 0 Å². The molecule has 0 saturated carbocycles. The highest BCUT2D eigenvalue weighted by Crippen LogP contribution is 2.44. The van der Waals surface area contributed by atoms with Gasteiger partial charge in [-0.25, -0.2) is 0 Å².